The van der Waals surface area contributed by atoms with Gasteiger partial charge in [-0.3, -0.25) is 4.29 Å². The van der Waals surface area contributed by atoms with E-state index in [-0.39, 0.29) is 13.2 Å². The van der Waals surface area contributed by atoms with Gasteiger partial charge in [-0.05, 0) is 54.4 Å². The monoisotopic (exact) mass is 874 g/mol. The zero-order valence-corrected chi connectivity index (χ0v) is 38.5. The summed E-state index contributed by atoms with van der Waals surface area (Å²) in [6.07, 6.45) is 7.00. The number of quaternary nitrogens is 2. The lowest BCUT2D eigenvalue weighted by molar-refractivity contribution is -0.929. The first-order valence-corrected chi connectivity index (χ1v) is 20.7. The van der Waals surface area contributed by atoms with Crippen molar-refractivity contribution >= 4 is 23.8 Å². The van der Waals surface area contributed by atoms with Gasteiger partial charge in [0.15, 0.2) is 34.5 Å². The van der Waals surface area contributed by atoms with E-state index < -0.39 is 11.9 Å². The van der Waals surface area contributed by atoms with Crippen LogP contribution in [-0.2, 0) is 42.9 Å². The SMILES string of the molecule is COCl.COc1cc2c(cc1OC)C[N+](C)(CCCOC(=O)/C=C\C(=O)OCCC[N+]1(Cc3cc(OC)c(OC)c(OC)c3)CCCC1)CC2.COc1ccc(C)cc1OC. The molecule has 338 valence electrons. The third-order valence-corrected chi connectivity index (χ3v) is 10.9. The van der Waals surface area contributed by atoms with Crippen LogP contribution in [0.1, 0.15) is 47.9 Å². The standard InChI is InChI=1S/C36H52N2O9.C9H12O2.CH3ClO/c1-37(18-13-28-23-30(41-2)31(42-3)24-29(28)26-37)14-9-19-46-34(39)11-12-35(40)47-20-10-17-38(15-7-8-16-38)25-27-21-32(43-4)36(45-6)33(22-27)44-5;1-7-4-5-8(10-2)9(6-7)11-3;1-3-2/h11-12,21-24H,7-10,13-20,25-26H2,1-6H3;4-6H,1-3H3;1H3/q+2;;/b12-11-;;. The van der Waals surface area contributed by atoms with E-state index in [4.69, 9.17) is 42.6 Å². The van der Waals surface area contributed by atoms with E-state index in [9.17, 15) is 9.59 Å². The van der Waals surface area contributed by atoms with Gasteiger partial charge in [0.1, 0.15) is 13.1 Å². The van der Waals surface area contributed by atoms with Crippen LogP contribution in [0.15, 0.2) is 54.6 Å². The molecular formula is C46H67ClN2O12+2. The van der Waals surface area contributed by atoms with E-state index in [2.05, 4.69) is 35.3 Å². The van der Waals surface area contributed by atoms with E-state index >= 15 is 0 Å². The van der Waals surface area contributed by atoms with Crippen LogP contribution in [0.4, 0.5) is 0 Å². The van der Waals surface area contributed by atoms with Crippen molar-refractivity contribution in [3.8, 4) is 40.2 Å². The van der Waals surface area contributed by atoms with Crippen LogP contribution in [0.5, 0.6) is 40.2 Å². The van der Waals surface area contributed by atoms with E-state index in [1.807, 2.05) is 37.3 Å². The molecule has 2 aliphatic heterocycles. The molecule has 0 aliphatic carbocycles. The third kappa shape index (κ3) is 15.5. The van der Waals surface area contributed by atoms with Crippen molar-refractivity contribution in [3.05, 3.63) is 76.9 Å². The quantitative estimate of drug-likeness (QED) is 0.0521. The van der Waals surface area contributed by atoms with Crippen LogP contribution in [0.3, 0.4) is 0 Å². The van der Waals surface area contributed by atoms with Gasteiger partial charge < -0.3 is 51.6 Å². The molecule has 0 saturated carbocycles. The van der Waals surface area contributed by atoms with E-state index in [1.54, 1.807) is 49.8 Å². The van der Waals surface area contributed by atoms with Crippen LogP contribution in [0, 0.1) is 6.92 Å². The molecule has 0 spiro atoms. The molecular weight excluding hydrogens is 808 g/mol. The molecule has 14 nitrogen and oxygen atoms in total. The topological polar surface area (TPSA) is 126 Å². The maximum Gasteiger partial charge on any atom is 0.331 e. The number of carbonyl (C=O) groups is 2. The Morgan fingerprint density at radius 2 is 1.11 bits per heavy atom. The van der Waals surface area contributed by atoms with Crippen molar-refractivity contribution in [3.63, 3.8) is 0 Å². The summed E-state index contributed by atoms with van der Waals surface area (Å²) in [5.41, 5.74) is 4.82. The smallest absolute Gasteiger partial charge is 0.331 e. The van der Waals surface area contributed by atoms with Crippen molar-refractivity contribution in [2.45, 2.75) is 52.1 Å². The molecule has 3 aromatic carbocycles. The fraction of sp³-hybridized carbons (Fsp3) is 0.522. The molecule has 0 amide bonds. The lowest BCUT2D eigenvalue weighted by Crippen LogP contribution is -2.48. The average molecular weight is 875 g/mol. The van der Waals surface area contributed by atoms with Gasteiger partial charge in [0.25, 0.3) is 0 Å². The largest absolute Gasteiger partial charge is 0.493 e. The summed E-state index contributed by atoms with van der Waals surface area (Å²) in [5.74, 6) is 3.84. The van der Waals surface area contributed by atoms with Crippen molar-refractivity contribution < 1.29 is 65.5 Å². The highest BCUT2D eigenvalue weighted by atomic mass is 35.5. The number of hydrogen-bond acceptors (Lipinski definition) is 12. The minimum atomic E-state index is -0.545. The Morgan fingerprint density at radius 1 is 0.623 bits per heavy atom. The number of nitrogens with zero attached hydrogens (tertiary/aromatic N) is 2. The summed E-state index contributed by atoms with van der Waals surface area (Å²) >= 11 is 4.50. The van der Waals surface area contributed by atoms with Crippen LogP contribution in [-0.4, -0.2) is 131 Å². The van der Waals surface area contributed by atoms with E-state index in [0.29, 0.717) is 17.2 Å². The minimum absolute atomic E-state index is 0.283. The van der Waals surface area contributed by atoms with Gasteiger partial charge in [0.05, 0.1) is 122 Å². The van der Waals surface area contributed by atoms with Gasteiger partial charge in [-0.2, -0.15) is 0 Å². The molecule has 0 aromatic heterocycles. The summed E-state index contributed by atoms with van der Waals surface area (Å²) in [4.78, 5) is 24.5. The Balaban J connectivity index is 0.000000603. The fourth-order valence-corrected chi connectivity index (χ4v) is 7.86. The molecule has 0 radical (unpaired) electrons. The molecule has 0 bridgehead atoms. The normalized spacial score (nSPS) is 16.1. The molecule has 2 heterocycles. The number of methoxy groups -OCH3 is 7. The van der Waals surface area contributed by atoms with Crippen molar-refractivity contribution in [1.82, 2.24) is 0 Å². The lowest BCUT2D eigenvalue weighted by atomic mass is 9.97. The second kappa shape index (κ2) is 25.8. The Labute approximate surface area is 367 Å². The molecule has 1 unspecified atom stereocenters. The Hall–Kier alpha value is -4.89. The lowest BCUT2D eigenvalue weighted by Gasteiger charge is -2.39. The highest BCUT2D eigenvalue weighted by molar-refractivity contribution is 6.07. The van der Waals surface area contributed by atoms with Gasteiger partial charge in [-0.15, -0.1) is 0 Å². The Kier molecular flexibility index (Phi) is 21.3. The van der Waals surface area contributed by atoms with Crippen molar-refractivity contribution in [2.24, 2.45) is 0 Å². The predicted molar refractivity (Wildman–Crippen MR) is 234 cm³/mol. The first-order valence-electron chi connectivity index (χ1n) is 20.4. The highest BCUT2D eigenvalue weighted by Gasteiger charge is 2.33. The zero-order valence-electron chi connectivity index (χ0n) is 37.8. The number of halogens is 1. The van der Waals surface area contributed by atoms with E-state index in [0.717, 1.165) is 128 Å². The van der Waals surface area contributed by atoms with Crippen LogP contribution in [0.25, 0.3) is 0 Å². The molecule has 3 aromatic rings. The molecule has 61 heavy (non-hydrogen) atoms. The summed E-state index contributed by atoms with van der Waals surface area (Å²) in [7, 11) is 15.0. The number of rotatable bonds is 19. The Bertz CT molecular complexity index is 1840. The predicted octanol–water partition coefficient (Wildman–Crippen LogP) is 7.26. The van der Waals surface area contributed by atoms with Crippen LogP contribution >= 0.6 is 11.9 Å². The summed E-state index contributed by atoms with van der Waals surface area (Å²) in [6, 6.07) is 14.0. The van der Waals surface area contributed by atoms with Gasteiger partial charge in [0, 0.05) is 55.4 Å². The summed E-state index contributed by atoms with van der Waals surface area (Å²) in [6.45, 7) is 9.15. The number of fused-ring (bicyclic) bond motifs is 1. The van der Waals surface area contributed by atoms with Crippen LogP contribution < -0.4 is 33.2 Å². The maximum absolute atomic E-state index is 12.3. The number of ether oxygens (including phenoxy) is 9. The second-order valence-corrected chi connectivity index (χ2v) is 15.6. The molecule has 2 aliphatic rings. The van der Waals surface area contributed by atoms with E-state index in [1.165, 1.54) is 23.8 Å². The number of esters is 2. The van der Waals surface area contributed by atoms with Gasteiger partial charge in [0.2, 0.25) is 5.75 Å². The average Bonchev–Trinajstić information content (AvgIpc) is 3.73. The van der Waals surface area contributed by atoms with Crippen molar-refractivity contribution in [1.29, 1.82) is 0 Å². The van der Waals surface area contributed by atoms with Crippen molar-refractivity contribution in [2.75, 3.05) is 110 Å². The molecule has 1 fully saturated rings. The molecule has 1 saturated heterocycles. The van der Waals surface area contributed by atoms with Crippen LogP contribution in [0.2, 0.25) is 0 Å². The summed E-state index contributed by atoms with van der Waals surface area (Å²) in [5, 5.41) is 0. The number of carbonyl (C=O) groups excluding carboxylic acids is 2. The fourth-order valence-electron chi connectivity index (χ4n) is 7.86. The third-order valence-electron chi connectivity index (χ3n) is 10.9. The molecule has 0 N–H and O–H groups in total. The van der Waals surface area contributed by atoms with Gasteiger partial charge in [-0.25, -0.2) is 9.59 Å². The number of benzene rings is 3. The highest BCUT2D eigenvalue weighted by Crippen LogP contribution is 2.40. The first kappa shape index (κ1) is 50.5. The molecule has 15 heteroatoms. The second-order valence-electron chi connectivity index (χ2n) is 15.3. The summed E-state index contributed by atoms with van der Waals surface area (Å²) < 4.78 is 53.9. The number of hydrogen-bond donors (Lipinski definition) is 0. The first-order chi connectivity index (χ1) is 29.4. The molecule has 1 atom stereocenters. The maximum atomic E-state index is 12.3. The molecule has 5 rings (SSSR count). The number of aryl methyl sites for hydroxylation is 1. The minimum Gasteiger partial charge on any atom is -0.493 e. The van der Waals surface area contributed by atoms with Gasteiger partial charge in [-0.1, -0.05) is 6.07 Å². The van der Waals surface area contributed by atoms with Gasteiger partial charge >= 0.3 is 11.9 Å². The Morgan fingerprint density at radius 3 is 1.62 bits per heavy atom. The zero-order chi connectivity index (χ0) is 44.8. The number of likely N-dealkylation sites (tertiary alicyclic amines) is 1. The number of likely N-dealkylation sites (N-methyl/N-ethyl adjacent to an activating group) is 1.